The highest BCUT2D eigenvalue weighted by atomic mass is 16.5. The number of methoxy groups -OCH3 is 1. The van der Waals surface area contributed by atoms with Gasteiger partial charge in [-0.3, -0.25) is 14.6 Å². The number of imide groups is 1. The molecule has 7 heteroatoms. The Morgan fingerprint density at radius 3 is 2.48 bits per heavy atom. The van der Waals surface area contributed by atoms with E-state index in [2.05, 4.69) is 4.74 Å². The molecule has 1 saturated heterocycles. The zero-order valence-corrected chi connectivity index (χ0v) is 14.2. The first-order valence-corrected chi connectivity index (χ1v) is 7.80. The number of hydrogen-bond donors (Lipinski definition) is 0. The highest BCUT2D eigenvalue weighted by Gasteiger charge is 2.43. The summed E-state index contributed by atoms with van der Waals surface area (Å²) < 4.78 is 9.92. The largest absolute Gasteiger partial charge is 0.463 e. The Morgan fingerprint density at radius 2 is 1.84 bits per heavy atom. The van der Waals surface area contributed by atoms with E-state index in [1.54, 1.807) is 13.0 Å². The molecule has 7 nitrogen and oxygen atoms in total. The van der Waals surface area contributed by atoms with Gasteiger partial charge in [-0.05, 0) is 38.1 Å². The third-order valence-electron chi connectivity index (χ3n) is 4.12. The van der Waals surface area contributed by atoms with Crippen LogP contribution in [0.1, 0.15) is 28.8 Å². The summed E-state index contributed by atoms with van der Waals surface area (Å²) in [4.78, 5) is 39.2. The minimum Gasteiger partial charge on any atom is -0.463 e. The van der Waals surface area contributed by atoms with E-state index in [-0.39, 0.29) is 18.2 Å². The molecule has 130 valence electrons. The standard InChI is InChI=1S/C18H18N2O5/c1-11-4-6-13(7-5-11)20-12(2)16(21)19(18(20)23)10-14-8-9-15(25-14)17(22)24-3/h4-9,12H,10H2,1-3H3/t12-/m0/s1. The Hall–Kier alpha value is -3.09. The summed E-state index contributed by atoms with van der Waals surface area (Å²) in [6.45, 7) is 3.59. The number of furan rings is 1. The number of esters is 1. The molecule has 2 heterocycles. The van der Waals surface area contributed by atoms with Crippen LogP contribution in [0, 0.1) is 6.92 Å². The van der Waals surface area contributed by atoms with E-state index in [1.807, 2.05) is 31.2 Å². The number of carbonyl (C=O) groups is 3. The molecule has 0 spiro atoms. The number of nitrogens with zero attached hydrogens (tertiary/aromatic N) is 2. The predicted molar refractivity (Wildman–Crippen MR) is 89.1 cm³/mol. The fourth-order valence-corrected chi connectivity index (χ4v) is 2.74. The lowest BCUT2D eigenvalue weighted by Gasteiger charge is -2.19. The van der Waals surface area contributed by atoms with Gasteiger partial charge in [0.15, 0.2) is 0 Å². The van der Waals surface area contributed by atoms with Crippen molar-refractivity contribution in [3.05, 3.63) is 53.5 Å². The molecule has 1 aliphatic rings. The lowest BCUT2D eigenvalue weighted by atomic mass is 10.2. The molecule has 3 rings (SSSR count). The van der Waals surface area contributed by atoms with Crippen LogP contribution in [0.3, 0.4) is 0 Å². The van der Waals surface area contributed by atoms with Crippen LogP contribution >= 0.6 is 0 Å². The van der Waals surface area contributed by atoms with E-state index in [4.69, 9.17) is 4.42 Å². The fourth-order valence-electron chi connectivity index (χ4n) is 2.74. The number of hydrogen-bond acceptors (Lipinski definition) is 5. The van der Waals surface area contributed by atoms with E-state index in [9.17, 15) is 14.4 Å². The van der Waals surface area contributed by atoms with Gasteiger partial charge in [0.25, 0.3) is 5.91 Å². The third-order valence-corrected chi connectivity index (χ3v) is 4.12. The minimum atomic E-state index is -0.611. The highest BCUT2D eigenvalue weighted by Crippen LogP contribution is 2.27. The second-order valence-electron chi connectivity index (χ2n) is 5.85. The number of aryl methyl sites for hydroxylation is 1. The first kappa shape index (κ1) is 16.8. The van der Waals surface area contributed by atoms with Gasteiger partial charge in [-0.1, -0.05) is 17.7 Å². The molecule has 0 saturated carbocycles. The van der Waals surface area contributed by atoms with Crippen molar-refractivity contribution in [2.45, 2.75) is 26.4 Å². The van der Waals surface area contributed by atoms with Gasteiger partial charge < -0.3 is 9.15 Å². The van der Waals surface area contributed by atoms with Crippen molar-refractivity contribution in [3.63, 3.8) is 0 Å². The number of ether oxygens (including phenoxy) is 1. The molecule has 25 heavy (non-hydrogen) atoms. The summed E-state index contributed by atoms with van der Waals surface area (Å²) in [6.07, 6.45) is 0. The smallest absolute Gasteiger partial charge is 0.373 e. The van der Waals surface area contributed by atoms with Crippen LogP contribution in [0.15, 0.2) is 40.8 Å². The zero-order chi connectivity index (χ0) is 18.1. The summed E-state index contributed by atoms with van der Waals surface area (Å²) in [7, 11) is 1.25. The van der Waals surface area contributed by atoms with Crippen LogP contribution in [0.2, 0.25) is 0 Å². The second-order valence-corrected chi connectivity index (χ2v) is 5.85. The van der Waals surface area contributed by atoms with Crippen LogP contribution in [0.5, 0.6) is 0 Å². The molecular weight excluding hydrogens is 324 g/mol. The first-order chi connectivity index (χ1) is 11.9. The summed E-state index contributed by atoms with van der Waals surface area (Å²) in [6, 6.07) is 9.36. The predicted octanol–water partition coefficient (Wildman–Crippen LogP) is 2.73. The SMILES string of the molecule is COC(=O)c1ccc(CN2C(=O)[C@H](C)N(c3ccc(C)cc3)C2=O)o1. The third kappa shape index (κ3) is 3.00. The van der Waals surface area contributed by atoms with Gasteiger partial charge in [0.2, 0.25) is 5.76 Å². The van der Waals surface area contributed by atoms with Gasteiger partial charge in [-0.2, -0.15) is 0 Å². The maximum Gasteiger partial charge on any atom is 0.373 e. The molecule has 0 unspecified atom stereocenters. The summed E-state index contributed by atoms with van der Waals surface area (Å²) in [5, 5.41) is 0. The average molecular weight is 342 g/mol. The van der Waals surface area contributed by atoms with Crippen molar-refractivity contribution in [1.29, 1.82) is 0 Å². The van der Waals surface area contributed by atoms with Crippen molar-refractivity contribution >= 4 is 23.6 Å². The normalized spacial score (nSPS) is 17.3. The van der Waals surface area contributed by atoms with Gasteiger partial charge in [-0.15, -0.1) is 0 Å². The molecular formula is C18H18N2O5. The topological polar surface area (TPSA) is 80.1 Å². The van der Waals surface area contributed by atoms with Crippen molar-refractivity contribution in [1.82, 2.24) is 4.90 Å². The molecule has 2 aromatic rings. The average Bonchev–Trinajstić information content (AvgIpc) is 3.15. The van der Waals surface area contributed by atoms with Crippen molar-refractivity contribution in [3.8, 4) is 0 Å². The van der Waals surface area contributed by atoms with E-state index in [0.717, 1.165) is 10.5 Å². The molecule has 0 bridgehead atoms. The van der Waals surface area contributed by atoms with Gasteiger partial charge in [0.1, 0.15) is 11.8 Å². The Bertz CT molecular complexity index is 824. The molecule has 1 aromatic heterocycles. The number of urea groups is 1. The lowest BCUT2D eigenvalue weighted by Crippen LogP contribution is -2.33. The van der Waals surface area contributed by atoms with Crippen LogP contribution in [-0.2, 0) is 16.1 Å². The number of rotatable bonds is 4. The number of benzene rings is 1. The first-order valence-electron chi connectivity index (χ1n) is 7.80. The molecule has 0 aliphatic carbocycles. The van der Waals surface area contributed by atoms with Crippen molar-refractivity contribution in [2.75, 3.05) is 12.0 Å². The summed E-state index contributed by atoms with van der Waals surface area (Å²) in [5.74, 6) is -0.568. The maximum atomic E-state index is 12.7. The van der Waals surface area contributed by atoms with Crippen molar-refractivity contribution < 1.29 is 23.5 Å². The van der Waals surface area contributed by atoms with Gasteiger partial charge >= 0.3 is 12.0 Å². The Morgan fingerprint density at radius 1 is 1.16 bits per heavy atom. The molecule has 0 radical (unpaired) electrons. The van der Waals surface area contributed by atoms with E-state index in [1.165, 1.54) is 18.1 Å². The maximum absolute atomic E-state index is 12.7. The molecule has 1 atom stereocenters. The van der Waals surface area contributed by atoms with Gasteiger partial charge in [0.05, 0.1) is 13.7 Å². The Kier molecular flexibility index (Phi) is 4.31. The van der Waals surface area contributed by atoms with Crippen LogP contribution in [0.25, 0.3) is 0 Å². The number of amides is 3. The van der Waals surface area contributed by atoms with E-state index in [0.29, 0.717) is 11.4 Å². The van der Waals surface area contributed by atoms with Gasteiger partial charge in [-0.25, -0.2) is 9.59 Å². The van der Waals surface area contributed by atoms with Crippen LogP contribution in [0.4, 0.5) is 10.5 Å². The zero-order valence-electron chi connectivity index (χ0n) is 14.2. The lowest BCUT2D eigenvalue weighted by molar-refractivity contribution is -0.127. The van der Waals surface area contributed by atoms with E-state index < -0.39 is 18.0 Å². The van der Waals surface area contributed by atoms with E-state index >= 15 is 0 Å². The molecule has 1 aromatic carbocycles. The summed E-state index contributed by atoms with van der Waals surface area (Å²) in [5.41, 5.74) is 1.73. The molecule has 3 amide bonds. The second kappa shape index (κ2) is 6.43. The monoisotopic (exact) mass is 342 g/mol. The quantitative estimate of drug-likeness (QED) is 0.630. The Labute approximate surface area is 144 Å². The summed E-state index contributed by atoms with van der Waals surface area (Å²) >= 11 is 0. The van der Waals surface area contributed by atoms with Crippen LogP contribution < -0.4 is 4.90 Å². The minimum absolute atomic E-state index is 0.0278. The number of carbonyl (C=O) groups excluding carboxylic acids is 3. The molecule has 0 N–H and O–H groups in total. The Balaban J connectivity index is 1.82. The molecule has 1 aliphatic heterocycles. The highest BCUT2D eigenvalue weighted by molar-refractivity contribution is 6.13. The van der Waals surface area contributed by atoms with Gasteiger partial charge in [0, 0.05) is 5.69 Å². The molecule has 1 fully saturated rings. The fraction of sp³-hybridized carbons (Fsp3) is 0.278. The van der Waals surface area contributed by atoms with Crippen LogP contribution in [-0.4, -0.2) is 36.0 Å². The number of anilines is 1. The van der Waals surface area contributed by atoms with Crippen molar-refractivity contribution in [2.24, 2.45) is 0 Å².